The summed E-state index contributed by atoms with van der Waals surface area (Å²) in [5, 5.41) is 3.00. The molecule has 142 valence electrons. The second-order valence-corrected chi connectivity index (χ2v) is 7.44. The van der Waals surface area contributed by atoms with Crippen LogP contribution >= 0.6 is 0 Å². The maximum Gasteiger partial charge on any atom is 0.265 e. The van der Waals surface area contributed by atoms with Gasteiger partial charge >= 0.3 is 0 Å². The third kappa shape index (κ3) is 4.30. The number of amides is 2. The molecule has 1 atom stereocenters. The van der Waals surface area contributed by atoms with Crippen molar-refractivity contribution in [3.05, 3.63) is 59.2 Å². The van der Waals surface area contributed by atoms with Crippen LogP contribution in [0.2, 0.25) is 0 Å². The molecule has 2 amide bonds. The molecule has 2 aromatic carbocycles. The van der Waals surface area contributed by atoms with Crippen LogP contribution in [0.25, 0.3) is 0 Å². The number of nitrogens with one attached hydrogen (secondary N) is 1. The zero-order chi connectivity index (χ0) is 19.6. The summed E-state index contributed by atoms with van der Waals surface area (Å²) in [7, 11) is 0. The van der Waals surface area contributed by atoms with Crippen LogP contribution in [0.3, 0.4) is 0 Å². The third-order valence-electron chi connectivity index (χ3n) is 4.97. The monoisotopic (exact) mass is 366 g/mol. The molecule has 5 heteroatoms. The standard InChI is InChI=1S/C22H26N2O3/c1-14(2)16(4)23-22(26)18-8-6-17(7-9-18)12-24-19-10-5-15(3)11-20(19)27-13-21(24)25/h5-11,14,16H,12-13H2,1-4H3,(H,23,26). The summed E-state index contributed by atoms with van der Waals surface area (Å²) < 4.78 is 5.55. The minimum Gasteiger partial charge on any atom is -0.482 e. The van der Waals surface area contributed by atoms with E-state index in [0.29, 0.717) is 18.0 Å². The Morgan fingerprint density at radius 3 is 2.52 bits per heavy atom. The number of benzene rings is 2. The number of aryl methyl sites for hydroxylation is 1. The molecule has 3 rings (SSSR count). The Kier molecular flexibility index (Phi) is 5.49. The van der Waals surface area contributed by atoms with E-state index in [-0.39, 0.29) is 24.5 Å². The van der Waals surface area contributed by atoms with Gasteiger partial charge in [-0.1, -0.05) is 32.0 Å². The first-order valence-electron chi connectivity index (χ1n) is 9.29. The normalized spacial score (nSPS) is 14.6. The van der Waals surface area contributed by atoms with Crippen LogP contribution < -0.4 is 15.0 Å². The maximum absolute atomic E-state index is 12.3. The molecule has 1 aliphatic rings. The smallest absolute Gasteiger partial charge is 0.265 e. The van der Waals surface area contributed by atoms with Crippen LogP contribution in [0.15, 0.2) is 42.5 Å². The average molecular weight is 366 g/mol. The third-order valence-corrected chi connectivity index (χ3v) is 4.97. The summed E-state index contributed by atoms with van der Waals surface area (Å²) in [6.07, 6.45) is 0. The van der Waals surface area contributed by atoms with Gasteiger partial charge in [-0.2, -0.15) is 0 Å². The molecule has 2 aromatic rings. The van der Waals surface area contributed by atoms with E-state index < -0.39 is 0 Å². The highest BCUT2D eigenvalue weighted by Gasteiger charge is 2.25. The van der Waals surface area contributed by atoms with Gasteiger partial charge in [0, 0.05) is 11.6 Å². The van der Waals surface area contributed by atoms with E-state index in [2.05, 4.69) is 19.2 Å². The van der Waals surface area contributed by atoms with Gasteiger partial charge < -0.3 is 15.0 Å². The number of hydrogen-bond donors (Lipinski definition) is 1. The minimum atomic E-state index is -0.0778. The molecule has 0 aromatic heterocycles. The predicted molar refractivity (Wildman–Crippen MR) is 106 cm³/mol. The number of nitrogens with zero attached hydrogens (tertiary/aromatic N) is 1. The summed E-state index contributed by atoms with van der Waals surface area (Å²) in [6.45, 7) is 8.64. The van der Waals surface area contributed by atoms with Crippen LogP contribution in [-0.2, 0) is 11.3 Å². The molecule has 0 fully saturated rings. The molecule has 0 bridgehead atoms. The molecule has 1 N–H and O–H groups in total. The molecular weight excluding hydrogens is 340 g/mol. The van der Waals surface area contributed by atoms with Crippen LogP contribution in [0.5, 0.6) is 5.75 Å². The fourth-order valence-electron chi connectivity index (χ4n) is 2.89. The molecule has 0 radical (unpaired) electrons. The fraction of sp³-hybridized carbons (Fsp3) is 0.364. The number of ether oxygens (including phenoxy) is 1. The summed E-state index contributed by atoms with van der Waals surface area (Å²) >= 11 is 0. The number of fused-ring (bicyclic) bond motifs is 1. The molecular formula is C22H26N2O3. The number of rotatable bonds is 5. The predicted octanol–water partition coefficient (Wildman–Crippen LogP) is 3.69. The minimum absolute atomic E-state index is 0.0457. The van der Waals surface area contributed by atoms with E-state index in [9.17, 15) is 9.59 Å². The molecule has 0 saturated carbocycles. The van der Waals surface area contributed by atoms with Crippen molar-refractivity contribution in [2.45, 2.75) is 40.3 Å². The second-order valence-electron chi connectivity index (χ2n) is 7.44. The number of carbonyl (C=O) groups excluding carboxylic acids is 2. The van der Waals surface area contributed by atoms with Gasteiger partial charge in [-0.15, -0.1) is 0 Å². The first kappa shape index (κ1) is 19.0. The van der Waals surface area contributed by atoms with Gasteiger partial charge in [-0.25, -0.2) is 0 Å². The SMILES string of the molecule is Cc1ccc2c(c1)OCC(=O)N2Cc1ccc(C(=O)NC(C)C(C)C)cc1. The molecule has 1 aliphatic heterocycles. The Hall–Kier alpha value is -2.82. The molecule has 1 unspecified atom stereocenters. The van der Waals surface area contributed by atoms with Gasteiger partial charge in [-0.05, 0) is 55.2 Å². The number of hydrogen-bond acceptors (Lipinski definition) is 3. The van der Waals surface area contributed by atoms with Gasteiger partial charge in [0.25, 0.3) is 11.8 Å². The highest BCUT2D eigenvalue weighted by molar-refractivity contribution is 5.98. The van der Waals surface area contributed by atoms with E-state index in [4.69, 9.17) is 4.74 Å². The quantitative estimate of drug-likeness (QED) is 0.878. The van der Waals surface area contributed by atoms with E-state index in [1.54, 1.807) is 17.0 Å². The summed E-state index contributed by atoms with van der Waals surface area (Å²) in [5.41, 5.74) is 3.46. The van der Waals surface area contributed by atoms with Crippen LogP contribution in [0.1, 0.15) is 42.3 Å². The lowest BCUT2D eigenvalue weighted by atomic mass is 10.1. The Bertz CT molecular complexity index is 843. The summed E-state index contributed by atoms with van der Waals surface area (Å²) in [4.78, 5) is 26.4. The lowest BCUT2D eigenvalue weighted by molar-refractivity contribution is -0.121. The topological polar surface area (TPSA) is 58.6 Å². The van der Waals surface area contributed by atoms with Gasteiger partial charge in [0.2, 0.25) is 0 Å². The second kappa shape index (κ2) is 7.82. The lowest BCUT2D eigenvalue weighted by Crippen LogP contribution is -2.38. The van der Waals surface area contributed by atoms with E-state index in [0.717, 1.165) is 22.6 Å². The summed E-state index contributed by atoms with van der Waals surface area (Å²) in [6, 6.07) is 13.3. The average Bonchev–Trinajstić information content (AvgIpc) is 2.64. The van der Waals surface area contributed by atoms with Gasteiger partial charge in [-0.3, -0.25) is 9.59 Å². The first-order chi connectivity index (χ1) is 12.8. The summed E-state index contributed by atoms with van der Waals surface area (Å²) in [5.74, 6) is 0.961. The molecule has 5 nitrogen and oxygen atoms in total. The van der Waals surface area contributed by atoms with Crippen molar-refractivity contribution in [2.75, 3.05) is 11.5 Å². The molecule has 27 heavy (non-hydrogen) atoms. The van der Waals surface area contributed by atoms with Gasteiger partial charge in [0.1, 0.15) is 5.75 Å². The van der Waals surface area contributed by atoms with E-state index in [1.807, 2.05) is 44.2 Å². The lowest BCUT2D eigenvalue weighted by Gasteiger charge is -2.29. The van der Waals surface area contributed by atoms with Crippen LogP contribution in [0.4, 0.5) is 5.69 Å². The Morgan fingerprint density at radius 1 is 1.15 bits per heavy atom. The zero-order valence-electron chi connectivity index (χ0n) is 16.3. The molecule has 0 saturated heterocycles. The van der Waals surface area contributed by atoms with Gasteiger partial charge in [0.05, 0.1) is 12.2 Å². The Labute approximate surface area is 160 Å². The van der Waals surface area contributed by atoms with Crippen molar-refractivity contribution in [1.82, 2.24) is 5.32 Å². The van der Waals surface area contributed by atoms with E-state index in [1.165, 1.54) is 0 Å². The van der Waals surface area contributed by atoms with Crippen molar-refractivity contribution >= 4 is 17.5 Å². The van der Waals surface area contributed by atoms with Crippen LogP contribution in [-0.4, -0.2) is 24.5 Å². The van der Waals surface area contributed by atoms with Gasteiger partial charge in [0.15, 0.2) is 6.61 Å². The van der Waals surface area contributed by atoms with Crippen molar-refractivity contribution in [3.8, 4) is 5.75 Å². The van der Waals surface area contributed by atoms with Crippen molar-refractivity contribution in [1.29, 1.82) is 0 Å². The zero-order valence-corrected chi connectivity index (χ0v) is 16.3. The Morgan fingerprint density at radius 2 is 1.85 bits per heavy atom. The molecule has 0 aliphatic carbocycles. The largest absolute Gasteiger partial charge is 0.482 e. The maximum atomic E-state index is 12.3. The molecule has 1 heterocycles. The fourth-order valence-corrected chi connectivity index (χ4v) is 2.89. The van der Waals surface area contributed by atoms with Crippen molar-refractivity contribution < 1.29 is 14.3 Å². The number of carbonyl (C=O) groups is 2. The highest BCUT2D eigenvalue weighted by atomic mass is 16.5. The highest BCUT2D eigenvalue weighted by Crippen LogP contribution is 2.33. The number of anilines is 1. The Balaban J connectivity index is 1.73. The first-order valence-corrected chi connectivity index (χ1v) is 9.29. The van der Waals surface area contributed by atoms with Crippen LogP contribution in [0, 0.1) is 12.8 Å². The molecule has 0 spiro atoms. The van der Waals surface area contributed by atoms with Crippen molar-refractivity contribution in [3.63, 3.8) is 0 Å². The van der Waals surface area contributed by atoms with Crippen molar-refractivity contribution in [2.24, 2.45) is 5.92 Å². The van der Waals surface area contributed by atoms with E-state index >= 15 is 0 Å².